The van der Waals surface area contributed by atoms with Crippen molar-refractivity contribution in [1.29, 1.82) is 0 Å². The minimum Gasteiger partial charge on any atom is -0.462 e. The average molecular weight is 357 g/mol. The number of ether oxygens (including phenoxy) is 1. The number of carbonyl (C=O) groups excluding carboxylic acids is 1. The summed E-state index contributed by atoms with van der Waals surface area (Å²) >= 11 is 0. The van der Waals surface area contributed by atoms with E-state index in [0.29, 0.717) is 12.2 Å². The molecule has 0 spiro atoms. The maximum absolute atomic E-state index is 12.7. The Hall–Kier alpha value is -1.55. The van der Waals surface area contributed by atoms with Gasteiger partial charge in [0.05, 0.1) is 24.0 Å². The van der Waals surface area contributed by atoms with E-state index in [2.05, 4.69) is 24.0 Å². The van der Waals surface area contributed by atoms with Gasteiger partial charge in [-0.15, -0.1) is 0 Å². The molecule has 3 aliphatic rings. The molecule has 0 unspecified atom stereocenters. The molecule has 3 atom stereocenters. The van der Waals surface area contributed by atoms with Gasteiger partial charge in [-0.25, -0.2) is 4.79 Å². The normalized spacial score (nSPS) is 30.7. The number of aryl methyl sites for hydroxylation is 1. The van der Waals surface area contributed by atoms with Crippen molar-refractivity contribution >= 4 is 11.7 Å². The molecule has 1 saturated heterocycles. The van der Waals surface area contributed by atoms with Gasteiger partial charge in [-0.2, -0.15) is 0 Å². The monoisotopic (exact) mass is 357 g/mol. The summed E-state index contributed by atoms with van der Waals surface area (Å²) in [5.74, 6) is -0.0874. The van der Waals surface area contributed by atoms with Crippen LogP contribution in [0.2, 0.25) is 0 Å². The fourth-order valence-corrected chi connectivity index (χ4v) is 5.53. The van der Waals surface area contributed by atoms with Gasteiger partial charge in [-0.05, 0) is 74.1 Å². The first-order chi connectivity index (χ1) is 12.5. The van der Waals surface area contributed by atoms with Crippen molar-refractivity contribution in [3.63, 3.8) is 0 Å². The highest BCUT2D eigenvalue weighted by molar-refractivity contribution is 5.96. The highest BCUT2D eigenvalue weighted by atomic mass is 16.5. The average Bonchev–Trinajstić information content (AvgIpc) is 3.15. The van der Waals surface area contributed by atoms with Crippen LogP contribution in [-0.4, -0.2) is 36.9 Å². The smallest absolute Gasteiger partial charge is 0.340 e. The number of hydrogen-bond acceptors (Lipinski definition) is 4. The van der Waals surface area contributed by atoms with Crippen LogP contribution in [0.3, 0.4) is 0 Å². The van der Waals surface area contributed by atoms with Crippen LogP contribution in [0.1, 0.15) is 79.8 Å². The lowest BCUT2D eigenvalue weighted by molar-refractivity contribution is 0.0150. The van der Waals surface area contributed by atoms with Crippen LogP contribution in [-0.2, 0) is 11.2 Å². The van der Waals surface area contributed by atoms with E-state index in [-0.39, 0.29) is 23.4 Å². The summed E-state index contributed by atoms with van der Waals surface area (Å²) in [5.41, 5.74) is 4.38. The number of nitrogens with zero attached hydrogens (tertiary/aromatic N) is 1. The van der Waals surface area contributed by atoms with Crippen LogP contribution in [0.15, 0.2) is 12.1 Å². The summed E-state index contributed by atoms with van der Waals surface area (Å²) in [6, 6.07) is 4.30. The number of benzene rings is 1. The van der Waals surface area contributed by atoms with E-state index < -0.39 is 0 Å². The third kappa shape index (κ3) is 2.92. The second kappa shape index (κ2) is 6.88. The van der Waals surface area contributed by atoms with Gasteiger partial charge in [0.2, 0.25) is 0 Å². The maximum Gasteiger partial charge on any atom is 0.340 e. The molecule has 4 heteroatoms. The van der Waals surface area contributed by atoms with Crippen molar-refractivity contribution in [2.24, 2.45) is 5.41 Å². The highest BCUT2D eigenvalue weighted by Crippen LogP contribution is 2.54. The largest absolute Gasteiger partial charge is 0.462 e. The molecular formula is C22H31NO3. The lowest BCUT2D eigenvalue weighted by Gasteiger charge is -2.48. The van der Waals surface area contributed by atoms with Crippen LogP contribution < -0.4 is 4.90 Å². The highest BCUT2D eigenvalue weighted by Gasteiger charge is 2.46. The molecule has 142 valence electrons. The van der Waals surface area contributed by atoms with E-state index in [1.807, 2.05) is 6.92 Å². The van der Waals surface area contributed by atoms with E-state index in [1.165, 1.54) is 24.0 Å². The Labute approximate surface area is 156 Å². The summed E-state index contributed by atoms with van der Waals surface area (Å²) < 4.78 is 5.38. The van der Waals surface area contributed by atoms with Crippen molar-refractivity contribution < 1.29 is 14.6 Å². The van der Waals surface area contributed by atoms with E-state index in [0.717, 1.165) is 50.9 Å². The molecule has 1 aromatic carbocycles. The van der Waals surface area contributed by atoms with Crippen molar-refractivity contribution in [3.05, 3.63) is 28.8 Å². The minimum absolute atomic E-state index is 0.140. The maximum atomic E-state index is 12.7. The zero-order valence-electron chi connectivity index (χ0n) is 16.1. The predicted molar refractivity (Wildman–Crippen MR) is 103 cm³/mol. The van der Waals surface area contributed by atoms with Crippen LogP contribution in [0, 0.1) is 5.41 Å². The topological polar surface area (TPSA) is 49.8 Å². The van der Waals surface area contributed by atoms with Crippen LogP contribution >= 0.6 is 0 Å². The van der Waals surface area contributed by atoms with E-state index >= 15 is 0 Å². The Balaban J connectivity index is 1.81. The number of esters is 1. The molecule has 1 aromatic rings. The Bertz CT molecular complexity index is 695. The van der Waals surface area contributed by atoms with Crippen LogP contribution in [0.4, 0.5) is 5.69 Å². The fraction of sp³-hybridized carbons (Fsp3) is 0.682. The van der Waals surface area contributed by atoms with Gasteiger partial charge in [-0.1, -0.05) is 13.3 Å². The summed E-state index contributed by atoms with van der Waals surface area (Å²) in [7, 11) is 0. The molecule has 2 fully saturated rings. The summed E-state index contributed by atoms with van der Waals surface area (Å²) in [5, 5.41) is 10.8. The zero-order valence-corrected chi connectivity index (χ0v) is 16.1. The molecular weight excluding hydrogens is 326 g/mol. The van der Waals surface area contributed by atoms with Gasteiger partial charge < -0.3 is 14.7 Å². The van der Waals surface area contributed by atoms with E-state index in [4.69, 9.17) is 4.74 Å². The summed E-state index contributed by atoms with van der Waals surface area (Å²) in [6.07, 6.45) is 7.34. The van der Waals surface area contributed by atoms with Gasteiger partial charge in [0.25, 0.3) is 0 Å². The van der Waals surface area contributed by atoms with Gasteiger partial charge in [0.1, 0.15) is 0 Å². The van der Waals surface area contributed by atoms with Crippen LogP contribution in [0.25, 0.3) is 0 Å². The Kier molecular flexibility index (Phi) is 4.72. The SMILES string of the molecule is CCOC(=O)c1cc2c(cc1N1CCCC1)CC[C@]1(C)CCC[C@H](O)[C@H]21. The van der Waals surface area contributed by atoms with Gasteiger partial charge in [-0.3, -0.25) is 0 Å². The molecule has 4 nitrogen and oxygen atoms in total. The Morgan fingerprint density at radius 1 is 1.27 bits per heavy atom. The number of rotatable bonds is 3. The quantitative estimate of drug-likeness (QED) is 0.830. The molecule has 26 heavy (non-hydrogen) atoms. The Morgan fingerprint density at radius 2 is 2.04 bits per heavy atom. The number of carbonyl (C=O) groups is 1. The van der Waals surface area contributed by atoms with Crippen LogP contribution in [0.5, 0.6) is 0 Å². The van der Waals surface area contributed by atoms with Gasteiger partial charge in [0, 0.05) is 19.0 Å². The lowest BCUT2D eigenvalue weighted by atomic mass is 9.57. The first-order valence-electron chi connectivity index (χ1n) is 10.3. The molecule has 0 aromatic heterocycles. The van der Waals surface area contributed by atoms with Crippen molar-refractivity contribution in [2.75, 3.05) is 24.6 Å². The predicted octanol–water partition coefficient (Wildman–Crippen LogP) is 4.04. The number of anilines is 1. The first kappa shape index (κ1) is 17.8. The van der Waals surface area contributed by atoms with Crippen molar-refractivity contribution in [1.82, 2.24) is 0 Å². The third-order valence-corrected chi connectivity index (χ3v) is 6.88. The second-order valence-corrected chi connectivity index (χ2v) is 8.57. The van der Waals surface area contributed by atoms with Crippen molar-refractivity contribution in [3.8, 4) is 0 Å². The second-order valence-electron chi connectivity index (χ2n) is 8.57. The first-order valence-corrected chi connectivity index (χ1v) is 10.3. The third-order valence-electron chi connectivity index (χ3n) is 6.88. The molecule has 0 bridgehead atoms. The Morgan fingerprint density at radius 3 is 2.77 bits per heavy atom. The van der Waals surface area contributed by atoms with E-state index in [1.54, 1.807) is 0 Å². The molecule has 1 saturated carbocycles. The molecule has 1 heterocycles. The minimum atomic E-state index is -0.305. The molecule has 0 amide bonds. The molecule has 1 N–H and O–H groups in total. The van der Waals surface area contributed by atoms with Crippen molar-refractivity contribution in [2.45, 2.75) is 70.8 Å². The van der Waals surface area contributed by atoms with E-state index in [9.17, 15) is 9.90 Å². The molecule has 0 radical (unpaired) electrons. The number of aliphatic hydroxyl groups is 1. The number of aliphatic hydroxyl groups excluding tert-OH is 1. The lowest BCUT2D eigenvalue weighted by Crippen LogP contribution is -2.42. The van der Waals surface area contributed by atoms with Gasteiger partial charge >= 0.3 is 5.97 Å². The number of hydrogen-bond donors (Lipinski definition) is 1. The van der Waals surface area contributed by atoms with Gasteiger partial charge in [0.15, 0.2) is 0 Å². The molecule has 1 aliphatic heterocycles. The number of fused-ring (bicyclic) bond motifs is 3. The molecule has 2 aliphatic carbocycles. The summed E-state index contributed by atoms with van der Waals surface area (Å²) in [4.78, 5) is 15.0. The molecule has 4 rings (SSSR count). The zero-order chi connectivity index (χ0) is 18.3. The fourth-order valence-electron chi connectivity index (χ4n) is 5.53. The standard InChI is InChI=1S/C22H31NO3/c1-3-26-21(25)17-14-16-15(13-18(17)23-11-4-5-12-23)8-10-22(2)9-6-7-19(24)20(16)22/h13-14,19-20,24H,3-12H2,1-2H3/t19-,20-,22-/m0/s1. The summed E-state index contributed by atoms with van der Waals surface area (Å²) in [6.45, 7) is 6.58.